The Bertz CT molecular complexity index is 539. The molecule has 0 fully saturated rings. The van der Waals surface area contributed by atoms with Gasteiger partial charge < -0.3 is 10.1 Å². The van der Waals surface area contributed by atoms with Crippen molar-refractivity contribution in [3.63, 3.8) is 0 Å². The van der Waals surface area contributed by atoms with E-state index in [1.807, 2.05) is 38.2 Å². The maximum absolute atomic E-state index is 5.82. The fourth-order valence-electron chi connectivity index (χ4n) is 1.67. The topological polar surface area (TPSA) is 49.9 Å². The van der Waals surface area contributed by atoms with Crippen molar-refractivity contribution in [1.29, 1.82) is 0 Å². The van der Waals surface area contributed by atoms with Crippen molar-refractivity contribution in [3.8, 4) is 11.6 Å². The van der Waals surface area contributed by atoms with Crippen LogP contribution in [0.5, 0.6) is 11.6 Å². The highest BCUT2D eigenvalue weighted by molar-refractivity contribution is 9.10. The summed E-state index contributed by atoms with van der Waals surface area (Å²) >= 11 is 3.46. The number of aromatic nitrogens is 2. The minimum atomic E-state index is 0.216. The molecule has 1 aromatic carbocycles. The number of aromatic amines is 1. The summed E-state index contributed by atoms with van der Waals surface area (Å²) < 4.78 is 6.80. The number of ether oxygens (including phenoxy) is 1. The Morgan fingerprint density at radius 3 is 2.78 bits per heavy atom. The smallest absolute Gasteiger partial charge is 0.238 e. The number of hydrogen-bond acceptors (Lipinski definition) is 3. The monoisotopic (exact) mass is 309 g/mol. The van der Waals surface area contributed by atoms with Gasteiger partial charge in [-0.15, -0.1) is 5.10 Å². The molecule has 1 unspecified atom stereocenters. The first kappa shape index (κ1) is 13.1. The molecule has 18 heavy (non-hydrogen) atoms. The standard InChI is InChI=1S/C13H16BrN3O/c1-8-6-13(17-16-8)18-12-7-10(14)4-5-11(12)9(2)15-3/h4-7,9,15H,1-3H3,(H,16,17). The Balaban J connectivity index is 2.33. The highest BCUT2D eigenvalue weighted by Crippen LogP contribution is 2.31. The molecule has 0 aliphatic rings. The SMILES string of the molecule is CNC(C)c1ccc(Br)cc1Oc1cc(C)[nH]n1. The third-order valence-corrected chi connectivity index (χ3v) is 3.27. The second-order valence-corrected chi connectivity index (χ2v) is 5.10. The zero-order valence-electron chi connectivity index (χ0n) is 10.6. The van der Waals surface area contributed by atoms with Crippen LogP contribution in [0.1, 0.15) is 24.2 Å². The molecule has 2 aromatic rings. The van der Waals surface area contributed by atoms with Crippen LogP contribution < -0.4 is 10.1 Å². The van der Waals surface area contributed by atoms with E-state index < -0.39 is 0 Å². The molecule has 0 aliphatic carbocycles. The Hall–Kier alpha value is -1.33. The number of rotatable bonds is 4. The molecule has 5 heteroatoms. The molecule has 0 bridgehead atoms. The first-order valence-electron chi connectivity index (χ1n) is 5.76. The van der Waals surface area contributed by atoms with Crippen molar-refractivity contribution in [3.05, 3.63) is 40.0 Å². The van der Waals surface area contributed by atoms with Gasteiger partial charge in [0.05, 0.1) is 0 Å². The third kappa shape index (κ3) is 2.91. The van der Waals surface area contributed by atoms with Gasteiger partial charge in [-0.05, 0) is 33.0 Å². The summed E-state index contributed by atoms with van der Waals surface area (Å²) in [6.07, 6.45) is 0. The molecule has 96 valence electrons. The molecular formula is C13H16BrN3O. The van der Waals surface area contributed by atoms with E-state index in [-0.39, 0.29) is 6.04 Å². The lowest BCUT2D eigenvalue weighted by atomic mass is 10.1. The number of halogens is 1. The molecule has 0 saturated carbocycles. The van der Waals surface area contributed by atoms with E-state index in [9.17, 15) is 0 Å². The minimum Gasteiger partial charge on any atom is -0.437 e. The Kier molecular flexibility index (Phi) is 4.04. The van der Waals surface area contributed by atoms with Crippen LogP contribution >= 0.6 is 15.9 Å². The summed E-state index contributed by atoms with van der Waals surface area (Å²) in [5.41, 5.74) is 2.07. The Morgan fingerprint density at radius 1 is 1.39 bits per heavy atom. The third-order valence-electron chi connectivity index (χ3n) is 2.77. The van der Waals surface area contributed by atoms with Crippen molar-refractivity contribution in [2.45, 2.75) is 19.9 Å². The van der Waals surface area contributed by atoms with Crippen molar-refractivity contribution in [2.24, 2.45) is 0 Å². The van der Waals surface area contributed by atoms with E-state index in [2.05, 4.69) is 38.4 Å². The van der Waals surface area contributed by atoms with Crippen LogP contribution in [0.4, 0.5) is 0 Å². The van der Waals surface area contributed by atoms with Crippen molar-refractivity contribution in [1.82, 2.24) is 15.5 Å². The van der Waals surface area contributed by atoms with Crippen LogP contribution in [0.2, 0.25) is 0 Å². The van der Waals surface area contributed by atoms with E-state index in [0.29, 0.717) is 5.88 Å². The van der Waals surface area contributed by atoms with Gasteiger partial charge in [0.1, 0.15) is 5.75 Å². The van der Waals surface area contributed by atoms with Gasteiger partial charge in [-0.3, -0.25) is 5.10 Å². The molecule has 0 saturated heterocycles. The quantitative estimate of drug-likeness (QED) is 0.908. The second kappa shape index (κ2) is 5.54. The molecule has 1 heterocycles. The van der Waals surface area contributed by atoms with Gasteiger partial charge in [-0.2, -0.15) is 0 Å². The van der Waals surface area contributed by atoms with Gasteiger partial charge in [0.25, 0.3) is 0 Å². The first-order chi connectivity index (χ1) is 8.60. The lowest BCUT2D eigenvalue weighted by Crippen LogP contribution is -2.13. The number of nitrogens with one attached hydrogen (secondary N) is 2. The maximum Gasteiger partial charge on any atom is 0.238 e. The van der Waals surface area contributed by atoms with Crippen molar-refractivity contribution >= 4 is 15.9 Å². The van der Waals surface area contributed by atoms with Crippen LogP contribution in [0.25, 0.3) is 0 Å². The average Bonchev–Trinajstić information content (AvgIpc) is 2.74. The second-order valence-electron chi connectivity index (χ2n) is 4.18. The summed E-state index contributed by atoms with van der Waals surface area (Å²) in [5, 5.41) is 10.2. The predicted molar refractivity (Wildman–Crippen MR) is 75.0 cm³/mol. The number of hydrogen-bond donors (Lipinski definition) is 2. The fraction of sp³-hybridized carbons (Fsp3) is 0.308. The number of aryl methyl sites for hydroxylation is 1. The average molecular weight is 310 g/mol. The number of benzene rings is 1. The molecule has 1 atom stereocenters. The van der Waals surface area contributed by atoms with E-state index in [1.54, 1.807) is 0 Å². The number of nitrogens with zero attached hydrogens (tertiary/aromatic N) is 1. The van der Waals surface area contributed by atoms with Crippen LogP contribution in [0.3, 0.4) is 0 Å². The van der Waals surface area contributed by atoms with Crippen molar-refractivity contribution in [2.75, 3.05) is 7.05 Å². The zero-order chi connectivity index (χ0) is 13.1. The van der Waals surface area contributed by atoms with Crippen LogP contribution in [0.15, 0.2) is 28.7 Å². The largest absolute Gasteiger partial charge is 0.437 e. The first-order valence-corrected chi connectivity index (χ1v) is 6.56. The number of H-pyrrole nitrogens is 1. The van der Waals surface area contributed by atoms with Gasteiger partial charge in [-0.25, -0.2) is 0 Å². The highest BCUT2D eigenvalue weighted by Gasteiger charge is 2.12. The minimum absolute atomic E-state index is 0.216. The van der Waals surface area contributed by atoms with Gasteiger partial charge in [0.2, 0.25) is 5.88 Å². The molecule has 0 radical (unpaired) electrons. The van der Waals surface area contributed by atoms with Crippen molar-refractivity contribution < 1.29 is 4.74 Å². The normalized spacial score (nSPS) is 12.4. The van der Waals surface area contributed by atoms with Gasteiger partial charge in [-0.1, -0.05) is 22.0 Å². The van der Waals surface area contributed by atoms with Gasteiger partial charge in [0, 0.05) is 27.8 Å². The van der Waals surface area contributed by atoms with Crippen LogP contribution in [0, 0.1) is 6.92 Å². The lowest BCUT2D eigenvalue weighted by molar-refractivity contribution is 0.447. The molecule has 2 rings (SSSR count). The summed E-state index contributed by atoms with van der Waals surface area (Å²) in [6, 6.07) is 8.08. The van der Waals surface area contributed by atoms with Crippen LogP contribution in [-0.4, -0.2) is 17.2 Å². The summed E-state index contributed by atoms with van der Waals surface area (Å²) in [7, 11) is 1.93. The lowest BCUT2D eigenvalue weighted by Gasteiger charge is -2.15. The molecule has 2 N–H and O–H groups in total. The van der Waals surface area contributed by atoms with E-state index in [1.165, 1.54) is 0 Å². The molecule has 0 aliphatic heterocycles. The van der Waals surface area contributed by atoms with E-state index in [0.717, 1.165) is 21.5 Å². The molecule has 4 nitrogen and oxygen atoms in total. The summed E-state index contributed by atoms with van der Waals surface area (Å²) in [6.45, 7) is 4.03. The summed E-state index contributed by atoms with van der Waals surface area (Å²) in [4.78, 5) is 0. The van der Waals surface area contributed by atoms with Gasteiger partial charge >= 0.3 is 0 Å². The highest BCUT2D eigenvalue weighted by atomic mass is 79.9. The molecule has 0 spiro atoms. The zero-order valence-corrected chi connectivity index (χ0v) is 12.2. The van der Waals surface area contributed by atoms with Gasteiger partial charge in [0.15, 0.2) is 0 Å². The fourth-order valence-corrected chi connectivity index (χ4v) is 2.01. The summed E-state index contributed by atoms with van der Waals surface area (Å²) in [5.74, 6) is 1.38. The maximum atomic E-state index is 5.82. The van der Waals surface area contributed by atoms with Crippen LogP contribution in [-0.2, 0) is 0 Å². The Labute approximate surface area is 115 Å². The molecule has 1 aromatic heterocycles. The Morgan fingerprint density at radius 2 is 2.17 bits per heavy atom. The predicted octanol–water partition coefficient (Wildman–Crippen LogP) is 3.55. The van der Waals surface area contributed by atoms with E-state index in [4.69, 9.17) is 4.74 Å². The van der Waals surface area contributed by atoms with E-state index >= 15 is 0 Å². The molecule has 0 amide bonds. The molecular weight excluding hydrogens is 294 g/mol.